The van der Waals surface area contributed by atoms with Crippen LogP contribution in [-0.2, 0) is 0 Å². The Balaban J connectivity index is 2.63. The van der Waals surface area contributed by atoms with Gasteiger partial charge in [-0.05, 0) is 0 Å². The summed E-state index contributed by atoms with van der Waals surface area (Å²) < 4.78 is 0. The van der Waals surface area contributed by atoms with Gasteiger partial charge >= 0.3 is 0 Å². The minimum absolute atomic E-state index is 0.415. The molecule has 0 bridgehead atoms. The summed E-state index contributed by atoms with van der Waals surface area (Å²) in [5.41, 5.74) is 0. The van der Waals surface area contributed by atoms with Gasteiger partial charge in [-0.1, -0.05) is 0 Å². The Labute approximate surface area is 69.1 Å². The Morgan fingerprint density at radius 1 is 0.917 bits per heavy atom. The number of aliphatic hydroxyl groups excluding tert-OH is 5. The first kappa shape index (κ1) is 9.85. The van der Waals surface area contributed by atoms with Gasteiger partial charge in [0, 0.05) is 0 Å². The van der Waals surface area contributed by atoms with Crippen molar-refractivity contribution in [1.29, 1.82) is 0 Å². The summed E-state index contributed by atoms with van der Waals surface area (Å²) in [6.45, 7) is -0.415. The van der Waals surface area contributed by atoms with Crippen LogP contribution in [0.25, 0.3) is 0 Å². The topological polar surface area (TPSA) is 113 Å². The molecule has 6 heteroatoms. The molecule has 1 fully saturated rings. The summed E-state index contributed by atoms with van der Waals surface area (Å²) in [6, 6.07) is -0.807. The van der Waals surface area contributed by atoms with Gasteiger partial charge in [0.25, 0.3) is 0 Å². The van der Waals surface area contributed by atoms with Crippen molar-refractivity contribution in [2.24, 2.45) is 0 Å². The van der Waals surface area contributed by atoms with Crippen LogP contribution in [0.1, 0.15) is 0 Å². The summed E-state index contributed by atoms with van der Waals surface area (Å²) in [5.74, 6) is 0. The zero-order chi connectivity index (χ0) is 9.30. The van der Waals surface area contributed by atoms with Crippen molar-refractivity contribution in [2.75, 3.05) is 6.61 Å². The number of rotatable bonds is 1. The van der Waals surface area contributed by atoms with Crippen LogP contribution in [-0.4, -0.2) is 62.7 Å². The van der Waals surface area contributed by atoms with Gasteiger partial charge in [-0.3, -0.25) is 5.32 Å². The number of hydrogen-bond donors (Lipinski definition) is 6. The Morgan fingerprint density at radius 3 is 2.00 bits per heavy atom. The molecular weight excluding hydrogens is 166 g/mol. The van der Waals surface area contributed by atoms with E-state index in [1.54, 1.807) is 0 Å². The van der Waals surface area contributed by atoms with E-state index in [0.29, 0.717) is 0 Å². The Morgan fingerprint density at radius 2 is 1.50 bits per heavy atom. The number of aliphatic hydroxyl groups is 5. The highest BCUT2D eigenvalue weighted by atomic mass is 16.4. The molecule has 6 N–H and O–H groups in total. The molecule has 0 amide bonds. The van der Waals surface area contributed by atoms with Crippen LogP contribution in [0.5, 0.6) is 0 Å². The van der Waals surface area contributed by atoms with Gasteiger partial charge in [-0.2, -0.15) is 0 Å². The van der Waals surface area contributed by atoms with E-state index in [9.17, 15) is 5.11 Å². The summed E-state index contributed by atoms with van der Waals surface area (Å²) >= 11 is 0. The maximum absolute atomic E-state index is 9.18. The third kappa shape index (κ3) is 1.58. The maximum atomic E-state index is 9.18. The first-order valence-electron chi connectivity index (χ1n) is 3.67. The number of nitrogens with one attached hydrogen (secondary N) is 1. The lowest BCUT2D eigenvalue weighted by molar-refractivity contribution is -0.161. The second-order valence-electron chi connectivity index (χ2n) is 2.87. The summed E-state index contributed by atoms with van der Waals surface area (Å²) in [6.07, 6.45) is -5.45. The van der Waals surface area contributed by atoms with E-state index in [-0.39, 0.29) is 0 Å². The summed E-state index contributed by atoms with van der Waals surface area (Å²) in [5, 5.41) is 47.3. The van der Waals surface area contributed by atoms with Crippen LogP contribution in [0.15, 0.2) is 0 Å². The van der Waals surface area contributed by atoms with Crippen molar-refractivity contribution in [3.05, 3.63) is 0 Å². The minimum atomic E-state index is -1.43. The lowest BCUT2D eigenvalue weighted by Crippen LogP contribution is -2.65. The molecule has 1 saturated heterocycles. The van der Waals surface area contributed by atoms with Crippen LogP contribution in [0.2, 0.25) is 0 Å². The zero-order valence-corrected chi connectivity index (χ0v) is 6.33. The third-order valence-electron chi connectivity index (χ3n) is 2.02. The molecule has 1 rings (SSSR count). The molecule has 0 aromatic carbocycles. The summed E-state index contributed by atoms with van der Waals surface area (Å²) in [4.78, 5) is 0. The van der Waals surface area contributed by atoms with E-state index < -0.39 is 37.2 Å². The van der Waals surface area contributed by atoms with Crippen molar-refractivity contribution < 1.29 is 25.5 Å². The fourth-order valence-electron chi connectivity index (χ4n) is 1.20. The zero-order valence-electron chi connectivity index (χ0n) is 6.33. The molecule has 0 spiro atoms. The highest BCUT2D eigenvalue weighted by molar-refractivity contribution is 4.93. The van der Waals surface area contributed by atoms with Gasteiger partial charge in [-0.15, -0.1) is 0 Å². The fourth-order valence-corrected chi connectivity index (χ4v) is 1.20. The molecule has 5 atom stereocenters. The normalized spacial score (nSPS) is 49.2. The molecule has 72 valence electrons. The monoisotopic (exact) mass is 179 g/mol. The van der Waals surface area contributed by atoms with Gasteiger partial charge < -0.3 is 25.5 Å². The van der Waals surface area contributed by atoms with Crippen LogP contribution in [0.3, 0.4) is 0 Å². The van der Waals surface area contributed by atoms with Crippen molar-refractivity contribution in [3.63, 3.8) is 0 Å². The van der Waals surface area contributed by atoms with E-state index in [1.807, 2.05) is 0 Å². The molecule has 0 aliphatic carbocycles. The summed E-state index contributed by atoms with van der Waals surface area (Å²) in [7, 11) is 0. The lowest BCUT2D eigenvalue weighted by Gasteiger charge is -2.38. The van der Waals surface area contributed by atoms with Crippen molar-refractivity contribution in [1.82, 2.24) is 5.32 Å². The standard InChI is InChI=1S/C6H13NO5/c8-1-2-3(9)4(10)5(11)6(12)7-2/h2-12H,1H2/t2-,3-,4+,5+,6?/m0/s1. The van der Waals surface area contributed by atoms with E-state index in [1.165, 1.54) is 0 Å². The van der Waals surface area contributed by atoms with E-state index in [0.717, 1.165) is 0 Å². The minimum Gasteiger partial charge on any atom is -0.395 e. The molecule has 1 aliphatic rings. The van der Waals surface area contributed by atoms with E-state index in [2.05, 4.69) is 5.32 Å². The van der Waals surface area contributed by atoms with E-state index >= 15 is 0 Å². The molecule has 0 saturated carbocycles. The van der Waals surface area contributed by atoms with Crippen LogP contribution >= 0.6 is 0 Å². The van der Waals surface area contributed by atoms with E-state index in [4.69, 9.17) is 20.4 Å². The van der Waals surface area contributed by atoms with Gasteiger partial charge in [0.05, 0.1) is 12.6 Å². The molecule has 1 aliphatic heterocycles. The Bertz CT molecular complexity index is 150. The fraction of sp³-hybridized carbons (Fsp3) is 1.00. The highest BCUT2D eigenvalue weighted by Gasteiger charge is 2.40. The first-order valence-corrected chi connectivity index (χ1v) is 3.67. The molecule has 6 nitrogen and oxygen atoms in total. The highest BCUT2D eigenvalue weighted by Crippen LogP contribution is 2.13. The Hall–Kier alpha value is -0.240. The maximum Gasteiger partial charge on any atom is 0.134 e. The molecule has 12 heavy (non-hydrogen) atoms. The van der Waals surface area contributed by atoms with Gasteiger partial charge in [0.15, 0.2) is 0 Å². The molecule has 0 aromatic rings. The first-order chi connectivity index (χ1) is 5.57. The van der Waals surface area contributed by atoms with Crippen molar-refractivity contribution in [2.45, 2.75) is 30.6 Å². The van der Waals surface area contributed by atoms with Crippen LogP contribution in [0, 0.1) is 0 Å². The van der Waals surface area contributed by atoms with Crippen molar-refractivity contribution in [3.8, 4) is 0 Å². The molecular formula is C6H13NO5. The molecule has 0 aromatic heterocycles. The number of piperidine rings is 1. The Kier molecular flexibility index (Phi) is 2.99. The molecule has 0 radical (unpaired) electrons. The van der Waals surface area contributed by atoms with Crippen molar-refractivity contribution >= 4 is 0 Å². The van der Waals surface area contributed by atoms with Gasteiger partial charge in [0.1, 0.15) is 24.5 Å². The SMILES string of the molecule is OC[C@@H]1NC(O)[C@H](O)[C@H](O)[C@H]1O. The second kappa shape index (κ2) is 3.65. The average Bonchev–Trinajstić information content (AvgIpc) is 2.08. The van der Waals surface area contributed by atoms with Gasteiger partial charge in [-0.25, -0.2) is 0 Å². The third-order valence-corrected chi connectivity index (χ3v) is 2.02. The van der Waals surface area contributed by atoms with Crippen LogP contribution < -0.4 is 5.32 Å². The van der Waals surface area contributed by atoms with Crippen LogP contribution in [0.4, 0.5) is 0 Å². The average molecular weight is 179 g/mol. The molecule has 1 heterocycles. The molecule has 1 unspecified atom stereocenters. The predicted octanol–water partition coefficient (Wildman–Crippen LogP) is -3.65. The number of hydrogen-bond acceptors (Lipinski definition) is 6. The second-order valence-corrected chi connectivity index (χ2v) is 2.87. The van der Waals surface area contributed by atoms with Gasteiger partial charge in [0.2, 0.25) is 0 Å². The predicted molar refractivity (Wildman–Crippen MR) is 38.0 cm³/mol. The largest absolute Gasteiger partial charge is 0.395 e. The smallest absolute Gasteiger partial charge is 0.134 e. The quantitative estimate of drug-likeness (QED) is 0.247. The lowest BCUT2D eigenvalue weighted by atomic mass is 9.95.